The van der Waals surface area contributed by atoms with Crippen LogP contribution < -0.4 is 10.6 Å². The molecule has 0 radical (unpaired) electrons. The van der Waals surface area contributed by atoms with Gasteiger partial charge < -0.3 is 10.6 Å². The standard InChI is InChI=1S/C12H24N2OS/c1-4-11(8-16-3)14-12(15)10-5-6-13-9(2)7-10/h9-11,13H,4-8H2,1-3H3,(H,14,15)/t9-,10-,11?/m0/s1. The fourth-order valence-electron chi connectivity index (χ4n) is 2.15. The van der Waals surface area contributed by atoms with E-state index in [1.807, 2.05) is 0 Å². The molecule has 1 fully saturated rings. The second-order valence-electron chi connectivity index (χ2n) is 4.65. The Hall–Kier alpha value is -0.220. The number of rotatable bonds is 5. The monoisotopic (exact) mass is 244 g/mol. The molecular formula is C12H24N2OS. The Morgan fingerprint density at radius 2 is 2.38 bits per heavy atom. The molecule has 0 spiro atoms. The maximum Gasteiger partial charge on any atom is 0.223 e. The SMILES string of the molecule is CCC(CSC)NC(=O)[C@H]1CCN[C@@H](C)C1. The summed E-state index contributed by atoms with van der Waals surface area (Å²) >= 11 is 1.80. The number of thioether (sulfide) groups is 1. The first kappa shape index (κ1) is 13.8. The van der Waals surface area contributed by atoms with Crippen molar-refractivity contribution in [2.45, 2.75) is 45.2 Å². The second kappa shape index (κ2) is 7.17. The molecule has 1 heterocycles. The van der Waals surface area contributed by atoms with Crippen LogP contribution in [0.15, 0.2) is 0 Å². The average Bonchev–Trinajstić information content (AvgIpc) is 2.28. The Morgan fingerprint density at radius 3 is 2.94 bits per heavy atom. The second-order valence-corrected chi connectivity index (χ2v) is 5.56. The van der Waals surface area contributed by atoms with Crippen molar-refractivity contribution >= 4 is 17.7 Å². The fraction of sp³-hybridized carbons (Fsp3) is 0.917. The van der Waals surface area contributed by atoms with Gasteiger partial charge in [-0.1, -0.05) is 6.92 Å². The molecular weight excluding hydrogens is 220 g/mol. The van der Waals surface area contributed by atoms with E-state index >= 15 is 0 Å². The van der Waals surface area contributed by atoms with Gasteiger partial charge in [0, 0.05) is 23.8 Å². The van der Waals surface area contributed by atoms with Crippen LogP contribution in [0.1, 0.15) is 33.1 Å². The van der Waals surface area contributed by atoms with Gasteiger partial charge in [0.25, 0.3) is 0 Å². The summed E-state index contributed by atoms with van der Waals surface area (Å²) in [6, 6.07) is 0.817. The number of carbonyl (C=O) groups excluding carboxylic acids is 1. The molecule has 1 amide bonds. The van der Waals surface area contributed by atoms with Gasteiger partial charge in [0.2, 0.25) is 5.91 Å². The van der Waals surface area contributed by atoms with Crippen LogP contribution in [0.5, 0.6) is 0 Å². The van der Waals surface area contributed by atoms with Crippen LogP contribution in [0, 0.1) is 5.92 Å². The van der Waals surface area contributed by atoms with E-state index in [-0.39, 0.29) is 11.8 Å². The van der Waals surface area contributed by atoms with E-state index in [2.05, 4.69) is 30.7 Å². The number of hydrogen-bond donors (Lipinski definition) is 2. The van der Waals surface area contributed by atoms with E-state index < -0.39 is 0 Å². The summed E-state index contributed by atoms with van der Waals surface area (Å²) in [6.45, 7) is 5.25. The zero-order valence-corrected chi connectivity index (χ0v) is 11.4. The number of piperidine rings is 1. The summed E-state index contributed by atoms with van der Waals surface area (Å²) in [6.07, 6.45) is 5.06. The largest absolute Gasteiger partial charge is 0.352 e. The van der Waals surface area contributed by atoms with E-state index in [0.29, 0.717) is 12.1 Å². The van der Waals surface area contributed by atoms with Crippen LogP contribution in [0.4, 0.5) is 0 Å². The third-order valence-corrected chi connectivity index (χ3v) is 3.94. The van der Waals surface area contributed by atoms with Gasteiger partial charge in [-0.05, 0) is 39.0 Å². The fourth-order valence-corrected chi connectivity index (χ4v) is 2.87. The zero-order chi connectivity index (χ0) is 12.0. The smallest absolute Gasteiger partial charge is 0.223 e. The Balaban J connectivity index is 2.37. The molecule has 16 heavy (non-hydrogen) atoms. The lowest BCUT2D eigenvalue weighted by atomic mass is 9.92. The topological polar surface area (TPSA) is 41.1 Å². The van der Waals surface area contributed by atoms with Gasteiger partial charge in [-0.25, -0.2) is 0 Å². The van der Waals surface area contributed by atoms with Crippen LogP contribution in [0.25, 0.3) is 0 Å². The Morgan fingerprint density at radius 1 is 1.62 bits per heavy atom. The number of amides is 1. The van der Waals surface area contributed by atoms with Crippen molar-refractivity contribution in [3.8, 4) is 0 Å². The highest BCUT2D eigenvalue weighted by Crippen LogP contribution is 2.16. The van der Waals surface area contributed by atoms with Gasteiger partial charge in [-0.2, -0.15) is 11.8 Å². The van der Waals surface area contributed by atoms with Gasteiger partial charge in [-0.15, -0.1) is 0 Å². The van der Waals surface area contributed by atoms with Gasteiger partial charge in [0.1, 0.15) is 0 Å². The molecule has 0 saturated carbocycles. The predicted octanol–water partition coefficient (Wildman–Crippen LogP) is 1.63. The maximum absolute atomic E-state index is 12.0. The van der Waals surface area contributed by atoms with E-state index in [4.69, 9.17) is 0 Å². The lowest BCUT2D eigenvalue weighted by Gasteiger charge is -2.28. The zero-order valence-electron chi connectivity index (χ0n) is 10.6. The molecule has 1 unspecified atom stereocenters. The number of nitrogens with one attached hydrogen (secondary N) is 2. The summed E-state index contributed by atoms with van der Waals surface area (Å²) in [5.41, 5.74) is 0. The minimum Gasteiger partial charge on any atom is -0.352 e. The van der Waals surface area contributed by atoms with E-state index in [1.165, 1.54) is 0 Å². The average molecular weight is 244 g/mol. The third kappa shape index (κ3) is 4.34. The van der Waals surface area contributed by atoms with Crippen molar-refractivity contribution in [1.82, 2.24) is 10.6 Å². The third-order valence-electron chi connectivity index (χ3n) is 3.20. The highest BCUT2D eigenvalue weighted by Gasteiger charge is 2.25. The van der Waals surface area contributed by atoms with Crippen molar-refractivity contribution in [2.75, 3.05) is 18.6 Å². The van der Waals surface area contributed by atoms with Crippen LogP contribution in [0.2, 0.25) is 0 Å². The summed E-state index contributed by atoms with van der Waals surface area (Å²) in [7, 11) is 0. The Kier molecular flexibility index (Phi) is 6.21. The molecule has 0 aromatic heterocycles. The maximum atomic E-state index is 12.0. The normalized spacial score (nSPS) is 27.4. The van der Waals surface area contributed by atoms with E-state index in [9.17, 15) is 4.79 Å². The van der Waals surface area contributed by atoms with Crippen LogP contribution in [-0.2, 0) is 4.79 Å². The first-order valence-electron chi connectivity index (χ1n) is 6.20. The lowest BCUT2D eigenvalue weighted by Crippen LogP contribution is -2.45. The Labute approximate surface area is 103 Å². The summed E-state index contributed by atoms with van der Waals surface area (Å²) in [5, 5.41) is 6.55. The van der Waals surface area contributed by atoms with E-state index in [1.54, 1.807) is 11.8 Å². The molecule has 0 aliphatic carbocycles. The van der Waals surface area contributed by atoms with Gasteiger partial charge in [-0.3, -0.25) is 4.79 Å². The van der Waals surface area contributed by atoms with Gasteiger partial charge >= 0.3 is 0 Å². The summed E-state index contributed by atoms with van der Waals surface area (Å²) < 4.78 is 0. The predicted molar refractivity (Wildman–Crippen MR) is 70.8 cm³/mol. The molecule has 3 nitrogen and oxygen atoms in total. The van der Waals surface area contributed by atoms with Crippen molar-refractivity contribution in [3.05, 3.63) is 0 Å². The first-order chi connectivity index (χ1) is 7.67. The molecule has 0 bridgehead atoms. The van der Waals surface area contributed by atoms with Gasteiger partial charge in [0.15, 0.2) is 0 Å². The minimum absolute atomic E-state index is 0.215. The molecule has 1 rings (SSSR count). The molecule has 0 aromatic rings. The highest BCUT2D eigenvalue weighted by molar-refractivity contribution is 7.98. The van der Waals surface area contributed by atoms with E-state index in [0.717, 1.165) is 31.6 Å². The van der Waals surface area contributed by atoms with Crippen molar-refractivity contribution < 1.29 is 4.79 Å². The minimum atomic E-state index is 0.215. The lowest BCUT2D eigenvalue weighted by molar-refractivity contribution is -0.126. The number of carbonyl (C=O) groups is 1. The molecule has 4 heteroatoms. The quantitative estimate of drug-likeness (QED) is 0.772. The molecule has 2 N–H and O–H groups in total. The number of hydrogen-bond acceptors (Lipinski definition) is 3. The van der Waals surface area contributed by atoms with Crippen molar-refractivity contribution in [3.63, 3.8) is 0 Å². The molecule has 3 atom stereocenters. The van der Waals surface area contributed by atoms with Crippen molar-refractivity contribution in [2.24, 2.45) is 5.92 Å². The van der Waals surface area contributed by atoms with Crippen LogP contribution in [-0.4, -0.2) is 36.5 Å². The van der Waals surface area contributed by atoms with Gasteiger partial charge in [0.05, 0.1) is 0 Å². The molecule has 1 aliphatic heterocycles. The summed E-state index contributed by atoms with van der Waals surface area (Å²) in [5.74, 6) is 1.49. The molecule has 1 saturated heterocycles. The van der Waals surface area contributed by atoms with Crippen LogP contribution >= 0.6 is 11.8 Å². The molecule has 0 aromatic carbocycles. The van der Waals surface area contributed by atoms with Crippen LogP contribution in [0.3, 0.4) is 0 Å². The molecule has 94 valence electrons. The summed E-state index contributed by atoms with van der Waals surface area (Å²) in [4.78, 5) is 12.0. The highest BCUT2D eigenvalue weighted by atomic mass is 32.2. The van der Waals surface area contributed by atoms with Crippen molar-refractivity contribution in [1.29, 1.82) is 0 Å². The Bertz CT molecular complexity index is 223. The first-order valence-corrected chi connectivity index (χ1v) is 7.59. The molecule has 1 aliphatic rings.